The van der Waals surface area contributed by atoms with Gasteiger partial charge in [0.25, 0.3) is 11.8 Å². The van der Waals surface area contributed by atoms with Crippen LogP contribution in [0.5, 0.6) is 0 Å². The molecule has 0 aliphatic carbocycles. The van der Waals surface area contributed by atoms with E-state index in [2.05, 4.69) is 10.6 Å². The zero-order valence-corrected chi connectivity index (χ0v) is 13.7. The summed E-state index contributed by atoms with van der Waals surface area (Å²) in [6, 6.07) is 20.2. The molecule has 126 valence electrons. The highest BCUT2D eigenvalue weighted by Crippen LogP contribution is 2.09. The van der Waals surface area contributed by atoms with Gasteiger partial charge in [0.15, 0.2) is 0 Å². The molecule has 3 rings (SSSR count). The highest BCUT2D eigenvalue weighted by molar-refractivity contribution is 5.95. The number of nitrogens with zero attached hydrogens (tertiary/aromatic N) is 1. The Morgan fingerprint density at radius 1 is 0.680 bits per heavy atom. The van der Waals surface area contributed by atoms with Crippen molar-refractivity contribution in [3.05, 3.63) is 90.3 Å². The van der Waals surface area contributed by atoms with Crippen molar-refractivity contribution in [2.75, 3.05) is 13.1 Å². The maximum absolute atomic E-state index is 12.1. The van der Waals surface area contributed by atoms with Gasteiger partial charge < -0.3 is 15.2 Å². The summed E-state index contributed by atoms with van der Waals surface area (Å²) >= 11 is 0. The monoisotopic (exact) mass is 333 g/mol. The van der Waals surface area contributed by atoms with Crippen molar-refractivity contribution in [1.82, 2.24) is 15.2 Å². The molecule has 0 aliphatic heterocycles. The van der Waals surface area contributed by atoms with E-state index in [1.165, 1.54) is 0 Å². The second-order valence-electron chi connectivity index (χ2n) is 5.52. The van der Waals surface area contributed by atoms with Crippen molar-refractivity contribution in [3.63, 3.8) is 0 Å². The second kappa shape index (κ2) is 7.97. The number of nitrogens with one attached hydrogen (secondary N) is 2. The van der Waals surface area contributed by atoms with Crippen molar-refractivity contribution >= 4 is 11.8 Å². The first kappa shape index (κ1) is 16.5. The topological polar surface area (TPSA) is 63.1 Å². The minimum Gasteiger partial charge on any atom is -0.350 e. The molecule has 0 bridgehead atoms. The highest BCUT2D eigenvalue weighted by atomic mass is 16.2. The van der Waals surface area contributed by atoms with E-state index in [0.29, 0.717) is 24.2 Å². The normalized spacial score (nSPS) is 10.2. The van der Waals surface area contributed by atoms with E-state index in [9.17, 15) is 9.59 Å². The van der Waals surface area contributed by atoms with Crippen LogP contribution in [-0.4, -0.2) is 29.5 Å². The molecule has 2 aromatic carbocycles. The van der Waals surface area contributed by atoms with Crippen molar-refractivity contribution in [3.8, 4) is 5.69 Å². The summed E-state index contributed by atoms with van der Waals surface area (Å²) in [5.41, 5.74) is 2.19. The standard InChI is InChI=1S/C20H19N3O2/c24-19(16-6-2-1-3-7-16)21-12-13-22-20(25)17-8-10-18(11-9-17)23-14-4-5-15-23/h1-11,14-15H,12-13H2,(H,21,24)(H,22,25). The zero-order chi connectivity index (χ0) is 17.5. The van der Waals surface area contributed by atoms with Crippen molar-refractivity contribution in [1.29, 1.82) is 0 Å². The maximum Gasteiger partial charge on any atom is 0.251 e. The van der Waals surface area contributed by atoms with Crippen molar-refractivity contribution in [2.24, 2.45) is 0 Å². The van der Waals surface area contributed by atoms with Crippen LogP contribution >= 0.6 is 0 Å². The Morgan fingerprint density at radius 3 is 1.76 bits per heavy atom. The smallest absolute Gasteiger partial charge is 0.251 e. The molecule has 1 heterocycles. The molecule has 25 heavy (non-hydrogen) atoms. The van der Waals surface area contributed by atoms with E-state index >= 15 is 0 Å². The lowest BCUT2D eigenvalue weighted by Crippen LogP contribution is -2.34. The average molecular weight is 333 g/mol. The van der Waals surface area contributed by atoms with Gasteiger partial charge in [-0.05, 0) is 48.5 Å². The first-order valence-corrected chi connectivity index (χ1v) is 8.09. The number of carbonyl (C=O) groups excluding carboxylic acids is 2. The predicted octanol–water partition coefficient (Wildman–Crippen LogP) is 2.64. The van der Waals surface area contributed by atoms with E-state index in [-0.39, 0.29) is 11.8 Å². The Kier molecular flexibility index (Phi) is 5.26. The molecule has 0 atom stereocenters. The number of aromatic nitrogens is 1. The summed E-state index contributed by atoms with van der Waals surface area (Å²) in [6.45, 7) is 0.748. The molecule has 0 aliphatic rings. The van der Waals surface area contributed by atoms with E-state index in [0.717, 1.165) is 5.69 Å². The van der Waals surface area contributed by atoms with Crippen molar-refractivity contribution in [2.45, 2.75) is 0 Å². The predicted molar refractivity (Wildman–Crippen MR) is 96.9 cm³/mol. The van der Waals surface area contributed by atoms with Crippen LogP contribution in [0.4, 0.5) is 0 Å². The summed E-state index contributed by atoms with van der Waals surface area (Å²) < 4.78 is 1.97. The third-order valence-corrected chi connectivity index (χ3v) is 3.76. The fourth-order valence-corrected chi connectivity index (χ4v) is 2.44. The third-order valence-electron chi connectivity index (χ3n) is 3.76. The average Bonchev–Trinajstić information content (AvgIpc) is 3.20. The molecule has 2 N–H and O–H groups in total. The fourth-order valence-electron chi connectivity index (χ4n) is 2.44. The summed E-state index contributed by atoms with van der Waals surface area (Å²) in [5.74, 6) is -0.307. The minimum atomic E-state index is -0.159. The molecule has 0 radical (unpaired) electrons. The molecule has 0 spiro atoms. The van der Waals surface area contributed by atoms with Gasteiger partial charge in [-0.1, -0.05) is 18.2 Å². The lowest BCUT2D eigenvalue weighted by Gasteiger charge is -2.08. The molecule has 3 aromatic rings. The van der Waals surface area contributed by atoms with Crippen LogP contribution in [0.1, 0.15) is 20.7 Å². The van der Waals surface area contributed by atoms with E-state index in [1.807, 2.05) is 59.4 Å². The number of hydrogen-bond acceptors (Lipinski definition) is 2. The largest absolute Gasteiger partial charge is 0.350 e. The minimum absolute atomic E-state index is 0.147. The van der Waals surface area contributed by atoms with Crippen LogP contribution < -0.4 is 10.6 Å². The van der Waals surface area contributed by atoms with Gasteiger partial charge in [0.2, 0.25) is 0 Å². The molecular weight excluding hydrogens is 314 g/mol. The number of benzene rings is 2. The van der Waals surface area contributed by atoms with Gasteiger partial charge in [-0.15, -0.1) is 0 Å². The van der Waals surface area contributed by atoms with E-state index < -0.39 is 0 Å². The summed E-state index contributed by atoms with van der Waals surface area (Å²) in [5, 5.41) is 5.58. The third kappa shape index (κ3) is 4.35. The summed E-state index contributed by atoms with van der Waals surface area (Å²) in [7, 11) is 0. The highest BCUT2D eigenvalue weighted by Gasteiger charge is 2.06. The molecule has 0 saturated heterocycles. The lowest BCUT2D eigenvalue weighted by atomic mass is 10.2. The van der Waals surface area contributed by atoms with Crippen molar-refractivity contribution < 1.29 is 9.59 Å². The Hall–Kier alpha value is -3.34. The summed E-state index contributed by atoms with van der Waals surface area (Å²) in [6.07, 6.45) is 3.90. The van der Waals surface area contributed by atoms with Crippen LogP contribution in [-0.2, 0) is 0 Å². The van der Waals surface area contributed by atoms with Gasteiger partial charge in [0.1, 0.15) is 0 Å². The number of hydrogen-bond donors (Lipinski definition) is 2. The SMILES string of the molecule is O=C(NCCNC(=O)c1ccc(-n2cccc2)cc1)c1ccccc1. The van der Waals surface area contributed by atoms with Gasteiger partial charge in [-0.3, -0.25) is 9.59 Å². The molecule has 0 unspecified atom stereocenters. The Bertz CT molecular complexity index is 825. The molecule has 2 amide bonds. The van der Waals surface area contributed by atoms with Crippen LogP contribution in [0.2, 0.25) is 0 Å². The molecule has 0 fully saturated rings. The van der Waals surface area contributed by atoms with Crippen LogP contribution in [0.25, 0.3) is 5.69 Å². The number of rotatable bonds is 6. The molecule has 5 heteroatoms. The van der Waals surface area contributed by atoms with Gasteiger partial charge >= 0.3 is 0 Å². The second-order valence-corrected chi connectivity index (χ2v) is 5.52. The lowest BCUT2D eigenvalue weighted by molar-refractivity contribution is 0.0927. The zero-order valence-electron chi connectivity index (χ0n) is 13.7. The Morgan fingerprint density at radius 2 is 1.20 bits per heavy atom. The first-order chi connectivity index (χ1) is 12.2. The van der Waals surface area contributed by atoms with Crippen LogP contribution in [0.15, 0.2) is 79.1 Å². The molecular formula is C20H19N3O2. The Balaban J connectivity index is 1.46. The van der Waals surface area contributed by atoms with E-state index in [4.69, 9.17) is 0 Å². The van der Waals surface area contributed by atoms with Gasteiger partial charge in [-0.25, -0.2) is 0 Å². The fraction of sp³-hybridized carbons (Fsp3) is 0.100. The number of amides is 2. The number of carbonyl (C=O) groups is 2. The quantitative estimate of drug-likeness (QED) is 0.681. The Labute approximate surface area is 146 Å². The van der Waals surface area contributed by atoms with Gasteiger partial charge in [0, 0.05) is 42.3 Å². The molecule has 0 saturated carbocycles. The molecule has 5 nitrogen and oxygen atoms in total. The van der Waals surface area contributed by atoms with Gasteiger partial charge in [0.05, 0.1) is 0 Å². The maximum atomic E-state index is 12.1. The van der Waals surface area contributed by atoms with E-state index in [1.54, 1.807) is 24.3 Å². The van der Waals surface area contributed by atoms with Gasteiger partial charge in [-0.2, -0.15) is 0 Å². The van der Waals surface area contributed by atoms with Crippen LogP contribution in [0, 0.1) is 0 Å². The molecule has 1 aromatic heterocycles. The van der Waals surface area contributed by atoms with Crippen LogP contribution in [0.3, 0.4) is 0 Å². The first-order valence-electron chi connectivity index (χ1n) is 8.09. The summed E-state index contributed by atoms with van der Waals surface area (Å²) in [4.78, 5) is 24.0.